The lowest BCUT2D eigenvalue weighted by atomic mass is 10.1. The normalized spacial score (nSPS) is 15.7. The second kappa shape index (κ2) is 5.29. The SMILES string of the molecule is CC(C)(C)OC(=O)c1ccc(C2=C(C=O)CCC2)s1. The lowest BCUT2D eigenvalue weighted by Crippen LogP contribution is -2.23. The molecule has 4 heteroatoms. The molecule has 0 amide bonds. The maximum absolute atomic E-state index is 11.9. The van der Waals surface area contributed by atoms with Crippen molar-refractivity contribution in [1.29, 1.82) is 0 Å². The summed E-state index contributed by atoms with van der Waals surface area (Å²) in [6.45, 7) is 5.55. The van der Waals surface area contributed by atoms with Gasteiger partial charge in [0.15, 0.2) is 0 Å². The Labute approximate surface area is 117 Å². The molecule has 0 saturated carbocycles. The monoisotopic (exact) mass is 278 g/mol. The van der Waals surface area contributed by atoms with Crippen molar-refractivity contribution >= 4 is 29.2 Å². The van der Waals surface area contributed by atoms with Gasteiger partial charge in [-0.3, -0.25) is 4.79 Å². The smallest absolute Gasteiger partial charge is 0.348 e. The fraction of sp³-hybridized carbons (Fsp3) is 0.467. The molecule has 0 unspecified atom stereocenters. The maximum atomic E-state index is 11.9. The highest BCUT2D eigenvalue weighted by atomic mass is 32.1. The van der Waals surface area contributed by atoms with Crippen LogP contribution in [0.15, 0.2) is 17.7 Å². The van der Waals surface area contributed by atoms with Gasteiger partial charge < -0.3 is 4.74 Å². The van der Waals surface area contributed by atoms with E-state index in [1.165, 1.54) is 11.3 Å². The van der Waals surface area contributed by atoms with E-state index in [1.54, 1.807) is 6.07 Å². The molecular formula is C15H18O3S. The minimum atomic E-state index is -0.484. The van der Waals surface area contributed by atoms with Crippen LogP contribution in [0.4, 0.5) is 0 Å². The first-order chi connectivity index (χ1) is 8.90. The molecule has 1 aliphatic carbocycles. The largest absolute Gasteiger partial charge is 0.456 e. The Morgan fingerprint density at radius 2 is 2.05 bits per heavy atom. The van der Waals surface area contributed by atoms with Crippen molar-refractivity contribution in [2.24, 2.45) is 0 Å². The van der Waals surface area contributed by atoms with Crippen molar-refractivity contribution < 1.29 is 14.3 Å². The van der Waals surface area contributed by atoms with E-state index in [4.69, 9.17) is 4.74 Å². The zero-order chi connectivity index (χ0) is 14.0. The van der Waals surface area contributed by atoms with Crippen LogP contribution < -0.4 is 0 Å². The van der Waals surface area contributed by atoms with Gasteiger partial charge in [-0.2, -0.15) is 0 Å². The number of aldehydes is 1. The molecule has 0 aromatic carbocycles. The van der Waals surface area contributed by atoms with Crippen molar-refractivity contribution in [2.45, 2.75) is 45.6 Å². The lowest BCUT2D eigenvalue weighted by Gasteiger charge is -2.18. The summed E-state index contributed by atoms with van der Waals surface area (Å²) in [5, 5.41) is 0. The van der Waals surface area contributed by atoms with Gasteiger partial charge in [-0.25, -0.2) is 4.79 Å². The molecule has 0 radical (unpaired) electrons. The summed E-state index contributed by atoms with van der Waals surface area (Å²) >= 11 is 1.41. The Morgan fingerprint density at radius 3 is 2.68 bits per heavy atom. The van der Waals surface area contributed by atoms with E-state index in [9.17, 15) is 9.59 Å². The fourth-order valence-electron chi connectivity index (χ4n) is 2.12. The fourth-order valence-corrected chi connectivity index (χ4v) is 3.11. The number of carbonyl (C=O) groups excluding carboxylic acids is 2. The Morgan fingerprint density at radius 1 is 1.32 bits per heavy atom. The van der Waals surface area contributed by atoms with Gasteiger partial charge in [-0.05, 0) is 63.3 Å². The second-order valence-electron chi connectivity index (χ2n) is 5.64. The minimum absolute atomic E-state index is 0.296. The number of rotatable bonds is 3. The highest BCUT2D eigenvalue weighted by Gasteiger charge is 2.22. The van der Waals surface area contributed by atoms with Gasteiger partial charge in [-0.15, -0.1) is 11.3 Å². The predicted molar refractivity (Wildman–Crippen MR) is 76.3 cm³/mol. The molecule has 3 nitrogen and oxygen atoms in total. The predicted octanol–water partition coefficient (Wildman–Crippen LogP) is 3.84. The molecule has 1 aromatic heterocycles. The van der Waals surface area contributed by atoms with Crippen molar-refractivity contribution in [2.75, 3.05) is 0 Å². The second-order valence-corrected chi connectivity index (χ2v) is 6.72. The summed E-state index contributed by atoms with van der Waals surface area (Å²) in [4.78, 5) is 24.5. The third-order valence-corrected chi connectivity index (χ3v) is 4.03. The van der Waals surface area contributed by atoms with Gasteiger partial charge in [0.2, 0.25) is 0 Å². The van der Waals surface area contributed by atoms with Gasteiger partial charge in [-0.1, -0.05) is 0 Å². The highest BCUT2D eigenvalue weighted by Crippen LogP contribution is 2.36. The molecule has 1 aliphatic rings. The third kappa shape index (κ3) is 3.32. The number of esters is 1. The number of carbonyl (C=O) groups is 2. The molecule has 0 saturated heterocycles. The summed E-state index contributed by atoms with van der Waals surface area (Å²) in [6.07, 6.45) is 3.72. The molecule has 0 bridgehead atoms. The molecule has 0 N–H and O–H groups in total. The lowest BCUT2D eigenvalue weighted by molar-refractivity contribution is -0.104. The molecule has 1 aromatic rings. The molecule has 0 fully saturated rings. The number of ether oxygens (including phenoxy) is 1. The van der Waals surface area contributed by atoms with Gasteiger partial charge in [0, 0.05) is 4.88 Å². The van der Waals surface area contributed by atoms with E-state index in [0.29, 0.717) is 4.88 Å². The quantitative estimate of drug-likeness (QED) is 0.623. The number of hydrogen-bond donors (Lipinski definition) is 0. The first kappa shape index (κ1) is 14.0. The van der Waals surface area contributed by atoms with E-state index in [2.05, 4.69) is 0 Å². The number of allylic oxidation sites excluding steroid dienone is 2. The molecule has 0 atom stereocenters. The summed E-state index contributed by atoms with van der Waals surface area (Å²) in [5.41, 5.74) is 1.48. The topological polar surface area (TPSA) is 43.4 Å². The first-order valence-corrected chi connectivity index (χ1v) is 7.23. The summed E-state index contributed by atoms with van der Waals surface area (Å²) in [5.74, 6) is -0.296. The van der Waals surface area contributed by atoms with Crippen LogP contribution in [0.2, 0.25) is 0 Å². The third-order valence-electron chi connectivity index (χ3n) is 2.91. The maximum Gasteiger partial charge on any atom is 0.348 e. The van der Waals surface area contributed by atoms with Crippen molar-refractivity contribution in [1.82, 2.24) is 0 Å². The zero-order valence-corrected chi connectivity index (χ0v) is 12.3. The van der Waals surface area contributed by atoms with Gasteiger partial charge in [0.1, 0.15) is 16.8 Å². The van der Waals surface area contributed by atoms with Crippen LogP contribution in [-0.4, -0.2) is 17.9 Å². The molecule has 1 heterocycles. The van der Waals surface area contributed by atoms with Crippen LogP contribution in [0.5, 0.6) is 0 Å². The summed E-state index contributed by atoms with van der Waals surface area (Å²) < 4.78 is 5.34. The molecular weight excluding hydrogens is 260 g/mol. The highest BCUT2D eigenvalue weighted by molar-refractivity contribution is 7.15. The van der Waals surface area contributed by atoms with Crippen LogP contribution in [0.25, 0.3) is 5.57 Å². The Hall–Kier alpha value is -1.42. The standard InChI is InChI=1S/C15H18O3S/c1-15(2,3)18-14(17)13-8-7-12(19-13)11-6-4-5-10(11)9-16/h7-9H,4-6H2,1-3H3. The van der Waals surface area contributed by atoms with Crippen molar-refractivity contribution in [3.63, 3.8) is 0 Å². The van der Waals surface area contributed by atoms with E-state index >= 15 is 0 Å². The summed E-state index contributed by atoms with van der Waals surface area (Å²) in [7, 11) is 0. The van der Waals surface area contributed by atoms with Gasteiger partial charge >= 0.3 is 5.97 Å². The van der Waals surface area contributed by atoms with Gasteiger partial charge in [0.25, 0.3) is 0 Å². The van der Waals surface area contributed by atoms with Crippen molar-refractivity contribution in [3.05, 3.63) is 27.5 Å². The van der Waals surface area contributed by atoms with Crippen LogP contribution in [0, 0.1) is 0 Å². The average Bonchev–Trinajstić information content (AvgIpc) is 2.95. The molecule has 0 spiro atoms. The van der Waals surface area contributed by atoms with Crippen LogP contribution >= 0.6 is 11.3 Å². The molecule has 2 rings (SSSR count). The van der Waals surface area contributed by atoms with E-state index in [0.717, 1.165) is 41.6 Å². The molecule has 102 valence electrons. The van der Waals surface area contributed by atoms with Crippen LogP contribution in [0.1, 0.15) is 54.6 Å². The van der Waals surface area contributed by atoms with E-state index < -0.39 is 5.60 Å². The van der Waals surface area contributed by atoms with E-state index in [-0.39, 0.29) is 5.97 Å². The average molecular weight is 278 g/mol. The van der Waals surface area contributed by atoms with Crippen LogP contribution in [0.3, 0.4) is 0 Å². The van der Waals surface area contributed by atoms with E-state index in [1.807, 2.05) is 26.8 Å². The number of hydrogen-bond acceptors (Lipinski definition) is 4. The minimum Gasteiger partial charge on any atom is -0.456 e. The number of thiophene rings is 1. The Kier molecular flexibility index (Phi) is 3.90. The zero-order valence-electron chi connectivity index (χ0n) is 11.5. The van der Waals surface area contributed by atoms with Crippen molar-refractivity contribution in [3.8, 4) is 0 Å². The summed E-state index contributed by atoms with van der Waals surface area (Å²) in [6, 6.07) is 3.69. The Bertz CT molecular complexity index is 532. The van der Waals surface area contributed by atoms with Crippen LogP contribution in [-0.2, 0) is 9.53 Å². The first-order valence-electron chi connectivity index (χ1n) is 6.41. The molecule has 0 aliphatic heterocycles. The molecule has 19 heavy (non-hydrogen) atoms. The Balaban J connectivity index is 2.20. The van der Waals surface area contributed by atoms with Gasteiger partial charge in [0.05, 0.1) is 0 Å².